The molecule has 1 aromatic heterocycles. The van der Waals surface area contributed by atoms with Gasteiger partial charge in [-0.05, 0) is 42.3 Å². The fourth-order valence-electron chi connectivity index (χ4n) is 3.10. The van der Waals surface area contributed by atoms with Gasteiger partial charge in [0.2, 0.25) is 0 Å². The number of nitrogens with one attached hydrogen (secondary N) is 1. The Morgan fingerprint density at radius 3 is 2.48 bits per heavy atom. The van der Waals surface area contributed by atoms with E-state index in [9.17, 15) is 8.42 Å². The predicted molar refractivity (Wildman–Crippen MR) is 107 cm³/mol. The van der Waals surface area contributed by atoms with Crippen molar-refractivity contribution in [2.45, 2.75) is 18.4 Å². The first-order chi connectivity index (χ1) is 13.0. The van der Waals surface area contributed by atoms with Crippen molar-refractivity contribution in [1.82, 2.24) is 9.55 Å². The largest absolute Gasteiger partial charge is 0.326 e. The molecule has 5 nitrogen and oxygen atoms in total. The summed E-state index contributed by atoms with van der Waals surface area (Å²) in [7, 11) is -3.64. The minimum Gasteiger partial charge on any atom is -0.326 e. The van der Waals surface area contributed by atoms with Crippen molar-refractivity contribution in [3.63, 3.8) is 0 Å². The summed E-state index contributed by atoms with van der Waals surface area (Å²) >= 11 is 0. The summed E-state index contributed by atoms with van der Waals surface area (Å²) in [6.07, 6.45) is 1.78. The second-order valence-corrected chi connectivity index (χ2v) is 8.08. The van der Waals surface area contributed by atoms with Gasteiger partial charge in [0.05, 0.1) is 27.9 Å². The Hall–Kier alpha value is -3.12. The molecule has 27 heavy (non-hydrogen) atoms. The van der Waals surface area contributed by atoms with Crippen molar-refractivity contribution in [2.24, 2.45) is 0 Å². The summed E-state index contributed by atoms with van der Waals surface area (Å²) in [5, 5.41) is 0. The molecule has 0 saturated heterocycles. The molecule has 0 atom stereocenters. The van der Waals surface area contributed by atoms with Crippen molar-refractivity contribution in [2.75, 3.05) is 4.72 Å². The average molecular weight is 377 g/mol. The number of rotatable bonds is 5. The zero-order chi connectivity index (χ0) is 18.9. The third kappa shape index (κ3) is 3.57. The van der Waals surface area contributed by atoms with Gasteiger partial charge in [-0.1, -0.05) is 48.5 Å². The maximum Gasteiger partial charge on any atom is 0.262 e. The SMILES string of the molecule is Cc1ccccc1S(=O)(=O)Nc1ccc2c(c1)ncn2Cc1ccccc1. The quantitative estimate of drug-likeness (QED) is 0.567. The fourth-order valence-corrected chi connectivity index (χ4v) is 4.40. The van der Waals surface area contributed by atoms with Crippen molar-refractivity contribution in [1.29, 1.82) is 0 Å². The van der Waals surface area contributed by atoms with Gasteiger partial charge >= 0.3 is 0 Å². The van der Waals surface area contributed by atoms with Gasteiger partial charge in [-0.2, -0.15) is 0 Å². The molecule has 0 aliphatic rings. The van der Waals surface area contributed by atoms with E-state index in [0.29, 0.717) is 17.8 Å². The van der Waals surface area contributed by atoms with Crippen molar-refractivity contribution >= 4 is 26.7 Å². The smallest absolute Gasteiger partial charge is 0.262 e. The molecule has 6 heteroatoms. The van der Waals surface area contributed by atoms with Crippen LogP contribution in [0.2, 0.25) is 0 Å². The van der Waals surface area contributed by atoms with Gasteiger partial charge in [-0.15, -0.1) is 0 Å². The molecule has 4 rings (SSSR count). The Kier molecular flexibility index (Phi) is 4.41. The van der Waals surface area contributed by atoms with E-state index in [0.717, 1.165) is 11.0 Å². The van der Waals surface area contributed by atoms with Crippen LogP contribution < -0.4 is 4.72 Å². The highest BCUT2D eigenvalue weighted by Gasteiger charge is 2.17. The lowest BCUT2D eigenvalue weighted by Crippen LogP contribution is -2.14. The number of imidazole rings is 1. The number of fused-ring (bicyclic) bond motifs is 1. The normalized spacial score (nSPS) is 11.6. The highest BCUT2D eigenvalue weighted by atomic mass is 32.2. The molecule has 0 aliphatic heterocycles. The standard InChI is InChI=1S/C21H19N3O2S/c1-16-7-5-6-10-21(16)27(25,26)23-18-11-12-20-19(13-18)22-15-24(20)14-17-8-3-2-4-9-17/h2-13,15,23H,14H2,1H3. The van der Waals surface area contributed by atoms with Crippen molar-refractivity contribution < 1.29 is 8.42 Å². The summed E-state index contributed by atoms with van der Waals surface area (Å²) in [6, 6.07) is 22.5. The third-order valence-corrected chi connectivity index (χ3v) is 5.99. The molecule has 0 aliphatic carbocycles. The summed E-state index contributed by atoms with van der Waals surface area (Å²) in [5.41, 5.74) is 4.09. The molecule has 0 saturated carbocycles. The van der Waals surface area contributed by atoms with Crippen LogP contribution in [0.1, 0.15) is 11.1 Å². The average Bonchev–Trinajstić information content (AvgIpc) is 3.04. The second kappa shape index (κ2) is 6.89. The van der Waals surface area contributed by atoms with Gasteiger partial charge in [0, 0.05) is 6.54 Å². The van der Waals surface area contributed by atoms with Gasteiger partial charge in [-0.3, -0.25) is 4.72 Å². The Morgan fingerprint density at radius 2 is 1.70 bits per heavy atom. The minimum absolute atomic E-state index is 0.278. The van der Waals surface area contributed by atoms with E-state index < -0.39 is 10.0 Å². The highest BCUT2D eigenvalue weighted by molar-refractivity contribution is 7.92. The van der Waals surface area contributed by atoms with Crippen LogP contribution in [-0.2, 0) is 16.6 Å². The predicted octanol–water partition coefficient (Wildman–Crippen LogP) is 4.19. The minimum atomic E-state index is -3.64. The van der Waals surface area contributed by atoms with Gasteiger partial charge in [-0.25, -0.2) is 13.4 Å². The van der Waals surface area contributed by atoms with E-state index in [-0.39, 0.29) is 4.90 Å². The monoisotopic (exact) mass is 377 g/mol. The van der Waals surface area contributed by atoms with Crippen LogP contribution in [0.15, 0.2) is 84.0 Å². The lowest BCUT2D eigenvalue weighted by atomic mass is 10.2. The number of sulfonamides is 1. The first kappa shape index (κ1) is 17.3. The molecule has 0 bridgehead atoms. The first-order valence-electron chi connectivity index (χ1n) is 8.60. The molecule has 0 radical (unpaired) electrons. The number of benzene rings is 3. The Morgan fingerprint density at radius 1 is 0.963 bits per heavy atom. The first-order valence-corrected chi connectivity index (χ1v) is 10.1. The zero-order valence-corrected chi connectivity index (χ0v) is 15.6. The van der Waals surface area contributed by atoms with Gasteiger partial charge in [0.25, 0.3) is 10.0 Å². The number of hydrogen-bond donors (Lipinski definition) is 1. The van der Waals surface area contributed by atoms with E-state index in [1.54, 1.807) is 43.6 Å². The van der Waals surface area contributed by atoms with Crippen LogP contribution in [0, 0.1) is 6.92 Å². The van der Waals surface area contributed by atoms with Crippen LogP contribution in [0.3, 0.4) is 0 Å². The maximum absolute atomic E-state index is 12.7. The summed E-state index contributed by atoms with van der Waals surface area (Å²) in [4.78, 5) is 4.70. The zero-order valence-electron chi connectivity index (χ0n) is 14.8. The van der Waals surface area contributed by atoms with Gasteiger partial charge < -0.3 is 4.57 Å². The number of nitrogens with zero attached hydrogens (tertiary/aromatic N) is 2. The Labute approximate surface area is 158 Å². The molecule has 4 aromatic rings. The van der Waals surface area contributed by atoms with Crippen LogP contribution in [-0.4, -0.2) is 18.0 Å². The molecule has 0 fully saturated rings. The van der Waals surface area contributed by atoms with E-state index in [1.807, 2.05) is 34.9 Å². The number of hydrogen-bond acceptors (Lipinski definition) is 3. The maximum atomic E-state index is 12.7. The lowest BCUT2D eigenvalue weighted by molar-refractivity contribution is 0.600. The Balaban J connectivity index is 1.62. The third-order valence-electron chi connectivity index (χ3n) is 4.45. The van der Waals surface area contributed by atoms with Crippen molar-refractivity contribution in [3.05, 3.63) is 90.3 Å². The van der Waals surface area contributed by atoms with E-state index in [2.05, 4.69) is 21.8 Å². The molecular weight excluding hydrogens is 358 g/mol. The lowest BCUT2D eigenvalue weighted by Gasteiger charge is -2.10. The molecule has 0 unspecified atom stereocenters. The van der Waals surface area contributed by atoms with Crippen LogP contribution in [0.25, 0.3) is 11.0 Å². The van der Waals surface area contributed by atoms with Gasteiger partial charge in [0.15, 0.2) is 0 Å². The number of anilines is 1. The topological polar surface area (TPSA) is 64.0 Å². The van der Waals surface area contributed by atoms with Crippen LogP contribution in [0.5, 0.6) is 0 Å². The van der Waals surface area contributed by atoms with Crippen molar-refractivity contribution in [3.8, 4) is 0 Å². The molecule has 3 aromatic carbocycles. The van der Waals surface area contributed by atoms with E-state index in [1.165, 1.54) is 5.56 Å². The summed E-state index contributed by atoms with van der Waals surface area (Å²) in [5.74, 6) is 0. The second-order valence-electron chi connectivity index (χ2n) is 6.43. The molecule has 136 valence electrons. The molecular formula is C21H19N3O2S. The molecule has 1 N–H and O–H groups in total. The summed E-state index contributed by atoms with van der Waals surface area (Å²) in [6.45, 7) is 2.49. The molecule has 0 spiro atoms. The Bertz CT molecular complexity index is 1200. The summed E-state index contributed by atoms with van der Waals surface area (Å²) < 4.78 is 30.0. The molecule has 0 amide bonds. The van der Waals surface area contributed by atoms with Crippen LogP contribution >= 0.6 is 0 Å². The number of aryl methyl sites for hydroxylation is 1. The highest BCUT2D eigenvalue weighted by Crippen LogP contribution is 2.23. The van der Waals surface area contributed by atoms with Gasteiger partial charge in [0.1, 0.15) is 0 Å². The fraction of sp³-hybridized carbons (Fsp3) is 0.0952. The molecule has 1 heterocycles. The van der Waals surface area contributed by atoms with Crippen LogP contribution in [0.4, 0.5) is 5.69 Å². The van der Waals surface area contributed by atoms with E-state index >= 15 is 0 Å². The number of aromatic nitrogens is 2. The van der Waals surface area contributed by atoms with E-state index in [4.69, 9.17) is 0 Å².